The molecule has 3 rings (SSSR count). The maximum absolute atomic E-state index is 12.4. The summed E-state index contributed by atoms with van der Waals surface area (Å²) in [4.78, 5) is 12.4. The van der Waals surface area contributed by atoms with Gasteiger partial charge in [0.2, 0.25) is 0 Å². The third-order valence-corrected chi connectivity index (χ3v) is 5.42. The van der Waals surface area contributed by atoms with Gasteiger partial charge in [0.05, 0.1) is 14.7 Å². The summed E-state index contributed by atoms with van der Waals surface area (Å²) >= 11 is 2.17. The summed E-state index contributed by atoms with van der Waals surface area (Å²) in [6.07, 6.45) is 4.03. The zero-order chi connectivity index (χ0) is 18.4. The van der Waals surface area contributed by atoms with Crippen molar-refractivity contribution in [1.29, 1.82) is 0 Å². The first-order chi connectivity index (χ1) is 11.6. The van der Waals surface area contributed by atoms with Crippen molar-refractivity contribution in [2.45, 2.75) is 64.6 Å². The van der Waals surface area contributed by atoms with Crippen LogP contribution in [0.1, 0.15) is 69.4 Å². The van der Waals surface area contributed by atoms with Gasteiger partial charge in [-0.2, -0.15) is 5.10 Å². The lowest BCUT2D eigenvalue weighted by molar-refractivity contribution is -0.0593. The van der Waals surface area contributed by atoms with Gasteiger partial charge in [-0.15, -0.1) is 0 Å². The number of rotatable bonds is 2. The van der Waals surface area contributed by atoms with Crippen molar-refractivity contribution >= 4 is 34.1 Å². The van der Waals surface area contributed by atoms with E-state index < -0.39 is 5.60 Å². The highest BCUT2D eigenvalue weighted by molar-refractivity contribution is 14.1. The Morgan fingerprint density at radius 1 is 1.40 bits per heavy atom. The summed E-state index contributed by atoms with van der Waals surface area (Å²) in [5, 5.41) is 4.49. The van der Waals surface area contributed by atoms with Gasteiger partial charge in [0, 0.05) is 12.8 Å². The van der Waals surface area contributed by atoms with E-state index in [2.05, 4.69) is 47.6 Å². The molecule has 0 aromatic carbocycles. The molecule has 0 radical (unpaired) electrons. The van der Waals surface area contributed by atoms with Gasteiger partial charge >= 0.3 is 5.97 Å². The normalized spacial score (nSPS) is 20.6. The highest BCUT2D eigenvalue weighted by Crippen LogP contribution is 2.36. The van der Waals surface area contributed by atoms with Gasteiger partial charge in [0.25, 0.3) is 0 Å². The Morgan fingerprint density at radius 2 is 2.12 bits per heavy atom. The average Bonchev–Trinajstić information content (AvgIpc) is 2.81. The van der Waals surface area contributed by atoms with Gasteiger partial charge in [0.1, 0.15) is 5.60 Å². The molecule has 1 aliphatic heterocycles. The summed E-state index contributed by atoms with van der Waals surface area (Å²) < 4.78 is 13.9. The van der Waals surface area contributed by atoms with Crippen LogP contribution >= 0.6 is 22.6 Å². The van der Waals surface area contributed by atoms with E-state index >= 15 is 0 Å². The van der Waals surface area contributed by atoms with Crippen LogP contribution in [0.3, 0.4) is 0 Å². The molecule has 25 heavy (non-hydrogen) atoms. The van der Waals surface area contributed by atoms with Gasteiger partial charge in [0.15, 0.2) is 5.69 Å². The molecule has 1 saturated heterocycles. The Bertz CT molecular complexity index is 805. The van der Waals surface area contributed by atoms with Gasteiger partial charge in [-0.05, 0) is 87.6 Å². The smallest absolute Gasteiger partial charge is 0.360 e. The molecule has 0 amide bonds. The molecule has 1 atom stereocenters. The van der Waals surface area contributed by atoms with Gasteiger partial charge < -0.3 is 9.47 Å². The average molecular weight is 456 g/mol. The van der Waals surface area contributed by atoms with E-state index in [0.29, 0.717) is 11.6 Å². The second-order valence-electron chi connectivity index (χ2n) is 8.25. The van der Waals surface area contributed by atoms with E-state index in [1.54, 1.807) is 4.52 Å². The van der Waals surface area contributed by atoms with Crippen LogP contribution in [0, 0.1) is 3.57 Å². The Balaban J connectivity index is 1.92. The standard InChI is InChI=1S/C19H25IN2O3/c1-18(2,3)25-17(23)16-15(20)14-7-6-13(11-22(14)21-16)12-8-9-24-19(4,5)10-12/h6-7,11-12H,8-10H2,1-5H3. The van der Waals surface area contributed by atoms with Gasteiger partial charge in [-0.3, -0.25) is 0 Å². The Morgan fingerprint density at radius 3 is 2.76 bits per heavy atom. The van der Waals surface area contributed by atoms with Crippen LogP contribution in [0.25, 0.3) is 5.52 Å². The Hall–Kier alpha value is -1.15. The molecule has 0 aliphatic carbocycles. The minimum atomic E-state index is -0.533. The number of hydrogen-bond acceptors (Lipinski definition) is 4. The number of fused-ring (bicyclic) bond motifs is 1. The summed E-state index contributed by atoms with van der Waals surface area (Å²) in [5.41, 5.74) is 1.91. The number of ether oxygens (including phenoxy) is 2. The minimum Gasteiger partial charge on any atom is -0.455 e. The Kier molecular flexibility index (Phi) is 4.87. The fraction of sp³-hybridized carbons (Fsp3) is 0.579. The third kappa shape index (κ3) is 4.16. The van der Waals surface area contributed by atoms with Crippen LogP contribution in [0.2, 0.25) is 0 Å². The fourth-order valence-electron chi connectivity index (χ4n) is 3.25. The molecule has 2 aromatic rings. The first-order valence-electron chi connectivity index (χ1n) is 8.61. The van der Waals surface area contributed by atoms with Gasteiger partial charge in [-0.25, -0.2) is 9.31 Å². The highest BCUT2D eigenvalue weighted by atomic mass is 127. The van der Waals surface area contributed by atoms with Crippen LogP contribution in [0.4, 0.5) is 0 Å². The zero-order valence-electron chi connectivity index (χ0n) is 15.4. The van der Waals surface area contributed by atoms with Crippen molar-refractivity contribution in [3.63, 3.8) is 0 Å². The molecule has 0 bridgehead atoms. The molecule has 5 nitrogen and oxygen atoms in total. The maximum Gasteiger partial charge on any atom is 0.360 e. The molecular weight excluding hydrogens is 431 g/mol. The number of aromatic nitrogens is 2. The molecular formula is C19H25IN2O3. The monoisotopic (exact) mass is 456 g/mol. The van der Waals surface area contributed by atoms with Crippen molar-refractivity contribution in [3.05, 3.63) is 33.2 Å². The van der Waals surface area contributed by atoms with Crippen LogP contribution in [-0.4, -0.2) is 33.4 Å². The minimum absolute atomic E-state index is 0.0991. The fourth-order valence-corrected chi connectivity index (χ4v) is 4.00. The molecule has 2 aromatic heterocycles. The van der Waals surface area contributed by atoms with Crippen molar-refractivity contribution in [2.24, 2.45) is 0 Å². The molecule has 1 aliphatic rings. The van der Waals surface area contributed by atoms with E-state index in [1.165, 1.54) is 5.56 Å². The Labute approximate surface area is 162 Å². The topological polar surface area (TPSA) is 52.8 Å². The van der Waals surface area contributed by atoms with Crippen molar-refractivity contribution in [1.82, 2.24) is 9.61 Å². The number of carbonyl (C=O) groups is 1. The quantitative estimate of drug-likeness (QED) is 0.491. The molecule has 136 valence electrons. The third-order valence-electron chi connectivity index (χ3n) is 4.35. The summed E-state index contributed by atoms with van der Waals surface area (Å²) in [6.45, 7) is 10.6. The van der Waals surface area contributed by atoms with Crippen molar-refractivity contribution in [3.8, 4) is 0 Å². The van der Waals surface area contributed by atoms with E-state index in [4.69, 9.17) is 9.47 Å². The lowest BCUT2D eigenvalue weighted by atomic mass is 9.84. The predicted octanol–water partition coefficient (Wildman–Crippen LogP) is 4.57. The summed E-state index contributed by atoms with van der Waals surface area (Å²) in [7, 11) is 0. The lowest BCUT2D eigenvalue weighted by Gasteiger charge is -2.35. The number of nitrogens with zero attached hydrogens (tertiary/aromatic N) is 2. The number of esters is 1. The van der Waals surface area contributed by atoms with Crippen molar-refractivity contribution in [2.75, 3.05) is 6.61 Å². The highest BCUT2D eigenvalue weighted by Gasteiger charge is 2.30. The molecule has 0 N–H and O–H groups in total. The second-order valence-corrected chi connectivity index (χ2v) is 9.33. The van der Waals surface area contributed by atoms with E-state index in [0.717, 1.165) is 28.5 Å². The molecule has 1 fully saturated rings. The first-order valence-corrected chi connectivity index (χ1v) is 9.69. The second kappa shape index (κ2) is 6.54. The van der Waals surface area contributed by atoms with E-state index in [-0.39, 0.29) is 11.6 Å². The zero-order valence-corrected chi connectivity index (χ0v) is 17.6. The summed E-state index contributed by atoms with van der Waals surface area (Å²) in [5.74, 6) is 0.0642. The molecule has 3 heterocycles. The number of carbonyl (C=O) groups excluding carboxylic acids is 1. The largest absolute Gasteiger partial charge is 0.455 e. The van der Waals surface area contributed by atoms with E-state index in [1.807, 2.05) is 33.0 Å². The molecule has 0 saturated carbocycles. The first kappa shape index (κ1) is 18.6. The maximum atomic E-state index is 12.4. The van der Waals surface area contributed by atoms with Crippen LogP contribution in [-0.2, 0) is 9.47 Å². The molecule has 6 heteroatoms. The lowest BCUT2D eigenvalue weighted by Crippen LogP contribution is -2.33. The van der Waals surface area contributed by atoms with E-state index in [9.17, 15) is 4.79 Å². The number of hydrogen-bond donors (Lipinski definition) is 0. The SMILES string of the molecule is CC(C)(C)OC(=O)c1nn2cc(C3CCOC(C)(C)C3)ccc2c1I. The van der Waals surface area contributed by atoms with Crippen LogP contribution < -0.4 is 0 Å². The molecule has 0 spiro atoms. The predicted molar refractivity (Wildman–Crippen MR) is 105 cm³/mol. The van der Waals surface area contributed by atoms with Crippen LogP contribution in [0.15, 0.2) is 18.3 Å². The van der Waals surface area contributed by atoms with Crippen molar-refractivity contribution < 1.29 is 14.3 Å². The molecule has 1 unspecified atom stereocenters. The van der Waals surface area contributed by atoms with Gasteiger partial charge in [-0.1, -0.05) is 6.07 Å². The number of halogens is 1. The number of pyridine rings is 1. The summed E-state index contributed by atoms with van der Waals surface area (Å²) in [6, 6.07) is 4.19. The van der Waals surface area contributed by atoms with Crippen LogP contribution in [0.5, 0.6) is 0 Å².